The molecule has 0 fully saturated rings. The van der Waals surface area contributed by atoms with Crippen LogP contribution in [0.4, 0.5) is 5.69 Å². The van der Waals surface area contributed by atoms with Crippen molar-refractivity contribution in [1.29, 1.82) is 0 Å². The molecule has 0 spiro atoms. The number of aromatic carboxylic acids is 1. The molecule has 0 aliphatic carbocycles. The largest absolute Gasteiger partial charge is 0.507 e. The molecule has 1 amide bonds. The Morgan fingerprint density at radius 3 is 2.30 bits per heavy atom. The van der Waals surface area contributed by atoms with E-state index in [0.717, 1.165) is 0 Å². The molecule has 0 unspecified atom stereocenters. The lowest BCUT2D eigenvalue weighted by molar-refractivity contribution is 0.0693. The second-order valence-corrected chi connectivity index (χ2v) is 5.06. The van der Waals surface area contributed by atoms with Gasteiger partial charge in [-0.2, -0.15) is 0 Å². The van der Waals surface area contributed by atoms with Crippen molar-refractivity contribution >= 4 is 28.3 Å². The van der Waals surface area contributed by atoms with Gasteiger partial charge >= 0.3 is 5.97 Å². The van der Waals surface area contributed by atoms with Gasteiger partial charge in [0.25, 0.3) is 5.91 Å². The number of carboxylic acid groups (broad SMARTS) is 1. The Morgan fingerprint density at radius 2 is 1.61 bits per heavy atom. The number of hydrogen-bond acceptors (Lipinski definition) is 3. The minimum Gasteiger partial charge on any atom is -0.507 e. The van der Waals surface area contributed by atoms with Crippen LogP contribution in [0.2, 0.25) is 0 Å². The maximum atomic E-state index is 12.3. The minimum absolute atomic E-state index is 0.196. The summed E-state index contributed by atoms with van der Waals surface area (Å²) >= 11 is 0. The fraction of sp³-hybridized carbons (Fsp3) is 0. The number of phenols is 1. The first-order valence-corrected chi connectivity index (χ1v) is 6.91. The van der Waals surface area contributed by atoms with Gasteiger partial charge in [-0.15, -0.1) is 0 Å². The van der Waals surface area contributed by atoms with Crippen molar-refractivity contribution in [3.05, 3.63) is 71.8 Å². The predicted molar refractivity (Wildman–Crippen MR) is 87.0 cm³/mol. The molecule has 0 aliphatic rings. The normalized spacial score (nSPS) is 10.4. The summed E-state index contributed by atoms with van der Waals surface area (Å²) in [6, 6.07) is 16.7. The molecular formula is C18H13NO4. The average molecular weight is 307 g/mol. The highest BCUT2D eigenvalue weighted by molar-refractivity contribution is 6.07. The van der Waals surface area contributed by atoms with Crippen molar-refractivity contribution in [3.63, 3.8) is 0 Å². The highest BCUT2D eigenvalue weighted by Gasteiger charge is 2.12. The van der Waals surface area contributed by atoms with Crippen molar-refractivity contribution in [2.75, 3.05) is 5.32 Å². The summed E-state index contributed by atoms with van der Waals surface area (Å²) in [5.74, 6) is -1.81. The molecule has 0 heterocycles. The highest BCUT2D eigenvalue weighted by atomic mass is 16.4. The Kier molecular flexibility index (Phi) is 3.68. The zero-order valence-corrected chi connectivity index (χ0v) is 12.0. The number of carbonyl (C=O) groups excluding carboxylic acids is 1. The fourth-order valence-corrected chi connectivity index (χ4v) is 2.32. The van der Waals surface area contributed by atoms with Crippen molar-refractivity contribution in [2.24, 2.45) is 0 Å². The van der Waals surface area contributed by atoms with E-state index in [2.05, 4.69) is 5.32 Å². The maximum absolute atomic E-state index is 12.3. The van der Waals surface area contributed by atoms with Gasteiger partial charge in [-0.3, -0.25) is 4.79 Å². The molecule has 0 saturated heterocycles. The number of rotatable bonds is 3. The first-order chi connectivity index (χ1) is 11.0. The standard InChI is InChI=1S/C18H13NO4/c20-16-10-11-6-7-12(8-13(11)9-15(16)18(22)23)17(21)19-14-4-2-1-3-5-14/h1-10,20H,(H,19,21)(H,22,23). The van der Waals surface area contributed by atoms with Crippen molar-refractivity contribution < 1.29 is 19.8 Å². The second-order valence-electron chi connectivity index (χ2n) is 5.06. The third-order valence-electron chi connectivity index (χ3n) is 3.48. The van der Waals surface area contributed by atoms with Crippen LogP contribution < -0.4 is 5.32 Å². The number of benzene rings is 3. The number of amides is 1. The van der Waals surface area contributed by atoms with Crippen LogP contribution in [0.3, 0.4) is 0 Å². The van der Waals surface area contributed by atoms with Crippen molar-refractivity contribution in [3.8, 4) is 5.75 Å². The van der Waals surface area contributed by atoms with E-state index >= 15 is 0 Å². The van der Waals surface area contributed by atoms with Crippen LogP contribution in [0, 0.1) is 0 Å². The van der Waals surface area contributed by atoms with Gasteiger partial charge in [-0.25, -0.2) is 4.79 Å². The summed E-state index contributed by atoms with van der Waals surface area (Å²) in [6.45, 7) is 0. The number of carboxylic acids is 1. The van der Waals surface area contributed by atoms with Gasteiger partial charge in [0, 0.05) is 11.3 Å². The van der Waals surface area contributed by atoms with Crippen LogP contribution in [0.1, 0.15) is 20.7 Å². The van der Waals surface area contributed by atoms with Crippen LogP contribution in [-0.2, 0) is 0 Å². The molecular weight excluding hydrogens is 294 g/mol. The molecule has 114 valence electrons. The number of carbonyl (C=O) groups is 2. The molecule has 0 aromatic heterocycles. The van der Waals surface area contributed by atoms with Crippen LogP contribution >= 0.6 is 0 Å². The number of fused-ring (bicyclic) bond motifs is 1. The van der Waals surface area contributed by atoms with Crippen molar-refractivity contribution in [2.45, 2.75) is 0 Å². The van der Waals surface area contributed by atoms with E-state index in [4.69, 9.17) is 5.11 Å². The van der Waals surface area contributed by atoms with E-state index < -0.39 is 5.97 Å². The van der Waals surface area contributed by atoms with Gasteiger partial charge in [0.2, 0.25) is 0 Å². The molecule has 23 heavy (non-hydrogen) atoms. The van der Waals surface area contributed by atoms with E-state index in [1.165, 1.54) is 12.1 Å². The number of nitrogens with one attached hydrogen (secondary N) is 1. The van der Waals surface area contributed by atoms with E-state index in [1.54, 1.807) is 30.3 Å². The third-order valence-corrected chi connectivity index (χ3v) is 3.48. The lowest BCUT2D eigenvalue weighted by Crippen LogP contribution is -2.11. The lowest BCUT2D eigenvalue weighted by atomic mass is 10.0. The van der Waals surface area contributed by atoms with E-state index in [9.17, 15) is 14.7 Å². The van der Waals surface area contributed by atoms with Crippen LogP contribution in [-0.4, -0.2) is 22.1 Å². The van der Waals surface area contributed by atoms with E-state index in [1.807, 2.05) is 18.2 Å². The summed E-state index contributed by atoms with van der Waals surface area (Å²) in [5.41, 5.74) is 0.885. The van der Waals surface area contributed by atoms with Gasteiger partial charge in [-0.05, 0) is 47.2 Å². The molecule has 0 radical (unpaired) electrons. The Hall–Kier alpha value is -3.34. The van der Waals surface area contributed by atoms with Gasteiger partial charge in [0.05, 0.1) is 0 Å². The molecule has 3 rings (SSSR count). The summed E-state index contributed by atoms with van der Waals surface area (Å²) in [6.07, 6.45) is 0. The topological polar surface area (TPSA) is 86.6 Å². The molecule has 3 aromatic carbocycles. The average Bonchev–Trinajstić information content (AvgIpc) is 2.54. The molecule has 5 heteroatoms. The number of para-hydroxylation sites is 1. The number of aromatic hydroxyl groups is 1. The van der Waals surface area contributed by atoms with Crippen LogP contribution in [0.25, 0.3) is 10.8 Å². The smallest absolute Gasteiger partial charge is 0.339 e. The Balaban J connectivity index is 1.97. The fourth-order valence-electron chi connectivity index (χ4n) is 2.32. The summed E-state index contributed by atoms with van der Waals surface area (Å²) in [4.78, 5) is 23.4. The van der Waals surface area contributed by atoms with Crippen LogP contribution in [0.15, 0.2) is 60.7 Å². The molecule has 0 atom stereocenters. The zero-order valence-electron chi connectivity index (χ0n) is 12.0. The Morgan fingerprint density at radius 1 is 0.870 bits per heavy atom. The number of hydrogen-bond donors (Lipinski definition) is 3. The van der Waals surface area contributed by atoms with Gasteiger partial charge in [-0.1, -0.05) is 24.3 Å². The Bertz CT molecular complexity index is 904. The first-order valence-electron chi connectivity index (χ1n) is 6.91. The van der Waals surface area contributed by atoms with Gasteiger partial charge in [0.1, 0.15) is 11.3 Å². The van der Waals surface area contributed by atoms with Gasteiger partial charge < -0.3 is 15.5 Å². The molecule has 0 aliphatic heterocycles. The highest BCUT2D eigenvalue weighted by Crippen LogP contribution is 2.26. The Labute approximate surface area is 131 Å². The summed E-state index contributed by atoms with van der Waals surface area (Å²) < 4.78 is 0. The van der Waals surface area contributed by atoms with Gasteiger partial charge in [0.15, 0.2) is 0 Å². The van der Waals surface area contributed by atoms with Crippen molar-refractivity contribution in [1.82, 2.24) is 0 Å². The van der Waals surface area contributed by atoms with Crippen LogP contribution in [0.5, 0.6) is 5.75 Å². The number of anilines is 1. The molecule has 5 nitrogen and oxygen atoms in total. The SMILES string of the molecule is O=C(Nc1ccccc1)c1ccc2cc(O)c(C(=O)O)cc2c1. The molecule has 0 bridgehead atoms. The summed E-state index contributed by atoms with van der Waals surface area (Å²) in [7, 11) is 0. The minimum atomic E-state index is -1.22. The molecule has 3 aromatic rings. The lowest BCUT2D eigenvalue weighted by Gasteiger charge is -2.07. The second kappa shape index (κ2) is 5.81. The predicted octanol–water partition coefficient (Wildman–Crippen LogP) is 3.50. The first kappa shape index (κ1) is 14.6. The van der Waals surface area contributed by atoms with E-state index in [-0.39, 0.29) is 17.2 Å². The zero-order chi connectivity index (χ0) is 16.4. The van der Waals surface area contributed by atoms with E-state index in [0.29, 0.717) is 22.0 Å². The maximum Gasteiger partial charge on any atom is 0.339 e. The quantitative estimate of drug-likeness (QED) is 0.691. The molecule has 3 N–H and O–H groups in total. The third kappa shape index (κ3) is 2.98. The summed E-state index contributed by atoms with van der Waals surface area (Å²) in [5, 5.41) is 22.7. The monoisotopic (exact) mass is 307 g/mol. The molecule has 0 saturated carbocycles.